The normalized spacial score (nSPS) is 11.8. The number of carbonyl (C=O) groups excluding carboxylic acids is 1. The number of benzene rings is 1. The molecule has 1 aromatic carbocycles. The molecular formula is C16H23NO4. The van der Waals surface area contributed by atoms with Crippen molar-refractivity contribution in [1.29, 1.82) is 0 Å². The van der Waals surface area contributed by atoms with Crippen LogP contribution in [0.1, 0.15) is 42.1 Å². The van der Waals surface area contributed by atoms with Gasteiger partial charge < -0.3 is 15.2 Å². The second-order valence-electron chi connectivity index (χ2n) is 5.27. The first kappa shape index (κ1) is 17.0. The van der Waals surface area contributed by atoms with Gasteiger partial charge in [-0.25, -0.2) is 0 Å². The number of aryl methyl sites for hydroxylation is 1. The third-order valence-electron chi connectivity index (χ3n) is 3.44. The summed E-state index contributed by atoms with van der Waals surface area (Å²) >= 11 is 0. The molecule has 0 spiro atoms. The van der Waals surface area contributed by atoms with Gasteiger partial charge in [0, 0.05) is 18.5 Å². The van der Waals surface area contributed by atoms with E-state index >= 15 is 0 Å². The maximum Gasteiger partial charge on any atom is 0.303 e. The predicted molar refractivity (Wildman–Crippen MR) is 80.7 cm³/mol. The first-order chi connectivity index (χ1) is 9.93. The van der Waals surface area contributed by atoms with Crippen molar-refractivity contribution < 1.29 is 19.4 Å². The molecule has 0 aliphatic heterocycles. The number of carboxylic acid groups (broad SMARTS) is 1. The lowest BCUT2D eigenvalue weighted by Gasteiger charge is -2.11. The minimum Gasteiger partial charge on any atom is -0.496 e. The zero-order valence-corrected chi connectivity index (χ0v) is 12.8. The van der Waals surface area contributed by atoms with E-state index in [9.17, 15) is 9.59 Å². The molecule has 0 fully saturated rings. The summed E-state index contributed by atoms with van der Waals surface area (Å²) in [6.45, 7) is 4.45. The van der Waals surface area contributed by atoms with Gasteiger partial charge in [-0.2, -0.15) is 0 Å². The Hall–Kier alpha value is -2.04. The van der Waals surface area contributed by atoms with Crippen LogP contribution in [0, 0.1) is 12.8 Å². The van der Waals surface area contributed by atoms with Crippen molar-refractivity contribution in [1.82, 2.24) is 5.32 Å². The monoisotopic (exact) mass is 293 g/mol. The summed E-state index contributed by atoms with van der Waals surface area (Å²) in [5.41, 5.74) is 1.55. The molecule has 0 radical (unpaired) electrons. The van der Waals surface area contributed by atoms with Crippen LogP contribution in [0.15, 0.2) is 18.2 Å². The first-order valence-corrected chi connectivity index (χ1v) is 7.08. The van der Waals surface area contributed by atoms with Crippen LogP contribution in [-0.4, -0.2) is 30.6 Å². The fourth-order valence-corrected chi connectivity index (χ4v) is 2.01. The smallest absolute Gasteiger partial charge is 0.303 e. The molecule has 1 aromatic rings. The third-order valence-corrected chi connectivity index (χ3v) is 3.44. The van der Waals surface area contributed by atoms with Crippen LogP contribution in [0.3, 0.4) is 0 Å². The van der Waals surface area contributed by atoms with E-state index in [1.165, 1.54) is 0 Å². The summed E-state index contributed by atoms with van der Waals surface area (Å²) < 4.78 is 5.20. The molecule has 0 heterocycles. The van der Waals surface area contributed by atoms with Gasteiger partial charge in [0.15, 0.2) is 0 Å². The van der Waals surface area contributed by atoms with Crippen LogP contribution in [0.2, 0.25) is 0 Å². The summed E-state index contributed by atoms with van der Waals surface area (Å²) in [6, 6.07) is 5.34. The predicted octanol–water partition coefficient (Wildman–Crippen LogP) is 2.62. The van der Waals surface area contributed by atoms with Crippen molar-refractivity contribution in [3.63, 3.8) is 0 Å². The Balaban J connectivity index is 2.42. The molecule has 0 bridgehead atoms. The first-order valence-electron chi connectivity index (χ1n) is 7.08. The maximum absolute atomic E-state index is 12.0. The SMILES string of the molecule is COc1cc(C(=O)NCCC(C)CCC(=O)O)ccc1C. The minimum absolute atomic E-state index is 0.140. The molecule has 0 saturated heterocycles. The Morgan fingerprint density at radius 2 is 2.05 bits per heavy atom. The molecule has 2 N–H and O–H groups in total. The topological polar surface area (TPSA) is 75.6 Å². The number of carboxylic acids is 1. The van der Waals surface area contributed by atoms with E-state index in [2.05, 4.69) is 5.32 Å². The van der Waals surface area contributed by atoms with Gasteiger partial charge in [-0.15, -0.1) is 0 Å². The highest BCUT2D eigenvalue weighted by molar-refractivity contribution is 5.94. The number of amides is 1. The summed E-state index contributed by atoms with van der Waals surface area (Å²) in [4.78, 5) is 22.5. The van der Waals surface area contributed by atoms with Crippen LogP contribution in [0.4, 0.5) is 0 Å². The average Bonchev–Trinajstić information content (AvgIpc) is 2.45. The molecule has 0 aliphatic rings. The number of hydrogen-bond acceptors (Lipinski definition) is 3. The zero-order chi connectivity index (χ0) is 15.8. The largest absolute Gasteiger partial charge is 0.496 e. The van der Waals surface area contributed by atoms with E-state index in [4.69, 9.17) is 9.84 Å². The molecule has 1 atom stereocenters. The van der Waals surface area contributed by atoms with Crippen LogP contribution < -0.4 is 10.1 Å². The molecule has 0 aromatic heterocycles. The molecular weight excluding hydrogens is 270 g/mol. The van der Waals surface area contributed by atoms with Gasteiger partial charge in [-0.05, 0) is 43.4 Å². The number of nitrogens with one attached hydrogen (secondary N) is 1. The quantitative estimate of drug-likeness (QED) is 0.772. The second-order valence-corrected chi connectivity index (χ2v) is 5.27. The van der Waals surface area contributed by atoms with E-state index in [1.54, 1.807) is 19.2 Å². The van der Waals surface area contributed by atoms with Crippen molar-refractivity contribution in [2.24, 2.45) is 5.92 Å². The van der Waals surface area contributed by atoms with Crippen molar-refractivity contribution in [3.05, 3.63) is 29.3 Å². The van der Waals surface area contributed by atoms with Gasteiger partial charge in [0.05, 0.1) is 7.11 Å². The van der Waals surface area contributed by atoms with E-state index in [0.29, 0.717) is 24.3 Å². The molecule has 1 amide bonds. The maximum atomic E-state index is 12.0. The summed E-state index contributed by atoms with van der Waals surface area (Å²) in [5.74, 6) is 0.0443. The number of hydrogen-bond donors (Lipinski definition) is 2. The number of ether oxygens (including phenoxy) is 1. The van der Waals surface area contributed by atoms with Crippen molar-refractivity contribution >= 4 is 11.9 Å². The van der Waals surface area contributed by atoms with Crippen LogP contribution in [0.5, 0.6) is 5.75 Å². The standard InChI is InChI=1S/C16H23NO4/c1-11(4-7-15(18)19)8-9-17-16(20)13-6-5-12(2)14(10-13)21-3/h5-6,10-11H,4,7-9H2,1-3H3,(H,17,20)(H,18,19). The molecule has 21 heavy (non-hydrogen) atoms. The Labute approximate surface area is 125 Å². The van der Waals surface area contributed by atoms with Gasteiger partial charge >= 0.3 is 5.97 Å². The molecule has 1 rings (SSSR count). The number of methoxy groups -OCH3 is 1. The summed E-state index contributed by atoms with van der Waals surface area (Å²) in [7, 11) is 1.58. The number of carbonyl (C=O) groups is 2. The molecule has 1 unspecified atom stereocenters. The van der Waals surface area contributed by atoms with Gasteiger partial charge in [0.2, 0.25) is 0 Å². The van der Waals surface area contributed by atoms with Crippen molar-refractivity contribution in [2.45, 2.75) is 33.1 Å². The average molecular weight is 293 g/mol. The fourth-order valence-electron chi connectivity index (χ4n) is 2.01. The number of rotatable bonds is 8. The number of aliphatic carboxylic acids is 1. The van der Waals surface area contributed by atoms with Gasteiger partial charge in [-0.1, -0.05) is 13.0 Å². The Morgan fingerprint density at radius 1 is 1.33 bits per heavy atom. The minimum atomic E-state index is -0.780. The van der Waals surface area contributed by atoms with Gasteiger partial charge in [-0.3, -0.25) is 9.59 Å². The molecule has 5 nitrogen and oxygen atoms in total. The van der Waals surface area contributed by atoms with E-state index < -0.39 is 5.97 Å². The van der Waals surface area contributed by atoms with Crippen molar-refractivity contribution in [2.75, 3.05) is 13.7 Å². The van der Waals surface area contributed by atoms with Gasteiger partial charge in [0.1, 0.15) is 5.75 Å². The highest BCUT2D eigenvalue weighted by atomic mass is 16.5. The van der Waals surface area contributed by atoms with Crippen LogP contribution in [0.25, 0.3) is 0 Å². The lowest BCUT2D eigenvalue weighted by molar-refractivity contribution is -0.137. The molecule has 0 aliphatic carbocycles. The molecule has 0 saturated carbocycles. The third kappa shape index (κ3) is 5.85. The molecule has 116 valence electrons. The Morgan fingerprint density at radius 3 is 2.67 bits per heavy atom. The van der Waals surface area contributed by atoms with E-state index in [-0.39, 0.29) is 18.2 Å². The van der Waals surface area contributed by atoms with Crippen LogP contribution in [-0.2, 0) is 4.79 Å². The Bertz CT molecular complexity index is 499. The lowest BCUT2D eigenvalue weighted by atomic mass is 10.0. The van der Waals surface area contributed by atoms with E-state index in [1.807, 2.05) is 19.9 Å². The fraction of sp³-hybridized carbons (Fsp3) is 0.500. The second kappa shape index (κ2) is 8.29. The highest BCUT2D eigenvalue weighted by Crippen LogP contribution is 2.19. The summed E-state index contributed by atoms with van der Waals surface area (Å²) in [5, 5.41) is 11.5. The zero-order valence-electron chi connectivity index (χ0n) is 12.8. The molecule has 5 heteroatoms. The Kier molecular flexibility index (Phi) is 6.72. The van der Waals surface area contributed by atoms with Crippen molar-refractivity contribution in [3.8, 4) is 5.75 Å². The summed E-state index contributed by atoms with van der Waals surface area (Å²) in [6.07, 6.45) is 1.57. The highest BCUT2D eigenvalue weighted by Gasteiger charge is 2.10. The lowest BCUT2D eigenvalue weighted by Crippen LogP contribution is -2.25. The van der Waals surface area contributed by atoms with Crippen LogP contribution >= 0.6 is 0 Å². The van der Waals surface area contributed by atoms with E-state index in [0.717, 1.165) is 12.0 Å². The van der Waals surface area contributed by atoms with Gasteiger partial charge in [0.25, 0.3) is 5.91 Å².